The molecule has 2 heterocycles. The summed E-state index contributed by atoms with van der Waals surface area (Å²) in [6.45, 7) is 7.23. The topological polar surface area (TPSA) is 84.4 Å². The van der Waals surface area contributed by atoms with Crippen molar-refractivity contribution in [2.45, 2.75) is 32.8 Å². The van der Waals surface area contributed by atoms with Crippen LogP contribution >= 0.6 is 0 Å². The van der Waals surface area contributed by atoms with Gasteiger partial charge in [0, 0.05) is 32.0 Å². The average Bonchev–Trinajstić information content (AvgIpc) is 2.92. The molecular formula is C15H22N4O3. The first-order valence-corrected chi connectivity index (χ1v) is 7.37. The number of hydrogen-bond acceptors (Lipinski definition) is 5. The van der Waals surface area contributed by atoms with E-state index in [1.54, 1.807) is 4.90 Å². The Hall–Kier alpha value is -2.18. The van der Waals surface area contributed by atoms with Crippen molar-refractivity contribution in [3.63, 3.8) is 0 Å². The molecule has 1 aromatic heterocycles. The summed E-state index contributed by atoms with van der Waals surface area (Å²) in [6, 6.07) is 0. The van der Waals surface area contributed by atoms with E-state index in [-0.39, 0.29) is 11.8 Å². The summed E-state index contributed by atoms with van der Waals surface area (Å²) >= 11 is 0. The predicted molar refractivity (Wildman–Crippen MR) is 80.3 cm³/mol. The highest BCUT2D eigenvalue weighted by molar-refractivity contribution is 5.92. The van der Waals surface area contributed by atoms with Gasteiger partial charge in [-0.2, -0.15) is 0 Å². The van der Waals surface area contributed by atoms with Gasteiger partial charge in [-0.3, -0.25) is 9.78 Å². The van der Waals surface area contributed by atoms with Crippen LogP contribution in [0.3, 0.4) is 0 Å². The van der Waals surface area contributed by atoms with Gasteiger partial charge >= 0.3 is 6.09 Å². The van der Waals surface area contributed by atoms with E-state index in [0.717, 1.165) is 6.42 Å². The number of rotatable bonds is 3. The molecule has 1 fully saturated rings. The number of hydrogen-bond donors (Lipinski definition) is 1. The Morgan fingerprint density at radius 2 is 2.18 bits per heavy atom. The lowest BCUT2D eigenvalue weighted by molar-refractivity contribution is 0.0520. The number of likely N-dealkylation sites (tertiary alicyclic amines) is 1. The van der Waals surface area contributed by atoms with Gasteiger partial charge in [0.1, 0.15) is 11.3 Å². The molecular weight excluding hydrogens is 284 g/mol. The van der Waals surface area contributed by atoms with Gasteiger partial charge in [-0.1, -0.05) is 0 Å². The minimum absolute atomic E-state index is 0.118. The molecule has 120 valence electrons. The fourth-order valence-corrected chi connectivity index (χ4v) is 2.30. The van der Waals surface area contributed by atoms with Crippen molar-refractivity contribution in [2.75, 3.05) is 19.6 Å². The molecule has 0 aliphatic carbocycles. The zero-order valence-electron chi connectivity index (χ0n) is 13.2. The fraction of sp³-hybridized carbons (Fsp3) is 0.600. The van der Waals surface area contributed by atoms with Crippen molar-refractivity contribution in [3.8, 4) is 0 Å². The third-order valence-corrected chi connectivity index (χ3v) is 3.29. The zero-order chi connectivity index (χ0) is 16.2. The number of nitrogens with zero attached hydrogens (tertiary/aromatic N) is 3. The third-order valence-electron chi connectivity index (χ3n) is 3.29. The molecule has 0 bridgehead atoms. The van der Waals surface area contributed by atoms with Crippen LogP contribution in [-0.4, -0.2) is 52.1 Å². The molecule has 1 aliphatic heterocycles. The molecule has 7 heteroatoms. The molecule has 2 amide bonds. The summed E-state index contributed by atoms with van der Waals surface area (Å²) in [5.41, 5.74) is -0.156. The van der Waals surface area contributed by atoms with Crippen LogP contribution in [0, 0.1) is 5.92 Å². The van der Waals surface area contributed by atoms with E-state index < -0.39 is 11.7 Å². The SMILES string of the molecule is CC(C)(C)OC(=O)NCC1CCN(C(=O)c2cnccn2)C1. The predicted octanol–water partition coefficient (Wildman–Crippen LogP) is 1.46. The molecule has 2 rings (SSSR count). The Kier molecular flexibility index (Phi) is 4.95. The van der Waals surface area contributed by atoms with Crippen LogP contribution in [0.1, 0.15) is 37.7 Å². The molecule has 0 radical (unpaired) electrons. The normalized spacial score (nSPS) is 18.1. The second-order valence-electron chi connectivity index (χ2n) is 6.38. The molecule has 1 N–H and O–H groups in total. The lowest BCUT2D eigenvalue weighted by Crippen LogP contribution is -2.36. The van der Waals surface area contributed by atoms with Crippen molar-refractivity contribution in [1.29, 1.82) is 0 Å². The molecule has 1 atom stereocenters. The van der Waals surface area contributed by atoms with Crippen LogP contribution in [-0.2, 0) is 4.74 Å². The number of amides is 2. The monoisotopic (exact) mass is 306 g/mol. The average molecular weight is 306 g/mol. The summed E-state index contributed by atoms with van der Waals surface area (Å²) in [5, 5.41) is 2.75. The number of carbonyl (C=O) groups excluding carboxylic acids is 2. The highest BCUT2D eigenvalue weighted by Gasteiger charge is 2.28. The van der Waals surface area contributed by atoms with Gasteiger partial charge in [0.05, 0.1) is 6.20 Å². The fourth-order valence-electron chi connectivity index (χ4n) is 2.30. The molecule has 1 saturated heterocycles. The van der Waals surface area contributed by atoms with E-state index in [4.69, 9.17) is 4.74 Å². The van der Waals surface area contributed by atoms with Gasteiger partial charge in [-0.25, -0.2) is 9.78 Å². The van der Waals surface area contributed by atoms with Crippen LogP contribution in [0.15, 0.2) is 18.6 Å². The van der Waals surface area contributed by atoms with Gasteiger partial charge in [0.25, 0.3) is 5.91 Å². The first-order chi connectivity index (χ1) is 10.3. The van der Waals surface area contributed by atoms with Crippen LogP contribution in [0.2, 0.25) is 0 Å². The van der Waals surface area contributed by atoms with Gasteiger partial charge in [0.2, 0.25) is 0 Å². The maximum absolute atomic E-state index is 12.2. The summed E-state index contributed by atoms with van der Waals surface area (Å²) < 4.78 is 5.19. The van der Waals surface area contributed by atoms with Crippen molar-refractivity contribution in [3.05, 3.63) is 24.3 Å². The molecule has 7 nitrogen and oxygen atoms in total. The molecule has 22 heavy (non-hydrogen) atoms. The Morgan fingerprint density at radius 3 is 2.82 bits per heavy atom. The Labute approximate surface area is 130 Å². The van der Waals surface area contributed by atoms with E-state index in [2.05, 4.69) is 15.3 Å². The number of carbonyl (C=O) groups is 2. The second kappa shape index (κ2) is 6.72. The van der Waals surface area contributed by atoms with Crippen molar-refractivity contribution in [2.24, 2.45) is 5.92 Å². The Bertz CT molecular complexity index is 527. The van der Waals surface area contributed by atoms with E-state index in [0.29, 0.717) is 25.3 Å². The van der Waals surface area contributed by atoms with Crippen molar-refractivity contribution in [1.82, 2.24) is 20.2 Å². The molecule has 0 spiro atoms. The van der Waals surface area contributed by atoms with E-state index >= 15 is 0 Å². The zero-order valence-corrected chi connectivity index (χ0v) is 13.2. The number of ether oxygens (including phenoxy) is 1. The standard InChI is InChI=1S/C15H22N4O3/c1-15(2,3)22-14(21)18-8-11-4-7-19(10-11)13(20)12-9-16-5-6-17-12/h5-6,9,11H,4,7-8,10H2,1-3H3,(H,18,21). The first kappa shape index (κ1) is 16.2. The molecule has 0 saturated carbocycles. The maximum atomic E-state index is 12.2. The van der Waals surface area contributed by atoms with E-state index in [1.165, 1.54) is 18.6 Å². The highest BCUT2D eigenvalue weighted by atomic mass is 16.6. The molecule has 1 aliphatic rings. The quantitative estimate of drug-likeness (QED) is 0.914. The van der Waals surface area contributed by atoms with Gasteiger partial charge in [-0.05, 0) is 33.1 Å². The van der Waals surface area contributed by atoms with Crippen LogP contribution in [0.5, 0.6) is 0 Å². The molecule has 1 aromatic rings. The second-order valence-corrected chi connectivity index (χ2v) is 6.38. The number of aromatic nitrogens is 2. The smallest absolute Gasteiger partial charge is 0.407 e. The summed E-state index contributed by atoms with van der Waals surface area (Å²) in [4.78, 5) is 33.5. The van der Waals surface area contributed by atoms with E-state index in [1.807, 2.05) is 20.8 Å². The number of nitrogens with one attached hydrogen (secondary N) is 1. The minimum atomic E-state index is -0.506. The van der Waals surface area contributed by atoms with Crippen molar-refractivity contribution >= 4 is 12.0 Å². The first-order valence-electron chi connectivity index (χ1n) is 7.37. The largest absolute Gasteiger partial charge is 0.444 e. The maximum Gasteiger partial charge on any atom is 0.407 e. The van der Waals surface area contributed by atoms with Gasteiger partial charge in [0.15, 0.2) is 0 Å². The van der Waals surface area contributed by atoms with Gasteiger partial charge in [-0.15, -0.1) is 0 Å². The molecule has 1 unspecified atom stereocenters. The van der Waals surface area contributed by atoms with E-state index in [9.17, 15) is 9.59 Å². The molecule has 0 aromatic carbocycles. The lowest BCUT2D eigenvalue weighted by Gasteiger charge is -2.21. The Morgan fingerprint density at radius 1 is 1.41 bits per heavy atom. The third kappa shape index (κ3) is 4.68. The highest BCUT2D eigenvalue weighted by Crippen LogP contribution is 2.17. The van der Waals surface area contributed by atoms with Crippen LogP contribution in [0.25, 0.3) is 0 Å². The van der Waals surface area contributed by atoms with Gasteiger partial charge < -0.3 is 15.0 Å². The van der Waals surface area contributed by atoms with Crippen LogP contribution < -0.4 is 5.32 Å². The summed E-state index contributed by atoms with van der Waals surface area (Å²) in [7, 11) is 0. The lowest BCUT2D eigenvalue weighted by atomic mass is 10.1. The number of alkyl carbamates (subject to hydrolysis) is 1. The summed E-state index contributed by atoms with van der Waals surface area (Å²) in [5.74, 6) is 0.112. The van der Waals surface area contributed by atoms with Crippen LogP contribution in [0.4, 0.5) is 4.79 Å². The van der Waals surface area contributed by atoms with Crippen molar-refractivity contribution < 1.29 is 14.3 Å². The summed E-state index contributed by atoms with van der Waals surface area (Å²) in [6.07, 6.45) is 4.93. The Balaban J connectivity index is 1.78. The minimum Gasteiger partial charge on any atom is -0.444 e.